The number of esters is 1. The van der Waals surface area contributed by atoms with E-state index in [0.29, 0.717) is 17.3 Å². The van der Waals surface area contributed by atoms with Gasteiger partial charge < -0.3 is 24.8 Å². The first kappa shape index (κ1) is 18.6. The van der Waals surface area contributed by atoms with Crippen LogP contribution in [0, 0.1) is 0 Å². The van der Waals surface area contributed by atoms with Crippen LogP contribution in [0.25, 0.3) is 5.65 Å². The first-order valence-corrected chi connectivity index (χ1v) is 9.31. The number of ether oxygens (including phenoxy) is 2. The molecule has 0 bridgehead atoms. The molecule has 0 aromatic carbocycles. The summed E-state index contributed by atoms with van der Waals surface area (Å²) in [6.45, 7) is 2.72. The van der Waals surface area contributed by atoms with Crippen LogP contribution in [-0.2, 0) is 26.4 Å². The molecule has 4 rings (SSSR count). The Morgan fingerprint density at radius 2 is 2.29 bits per heavy atom. The zero-order valence-electron chi connectivity index (χ0n) is 15.7. The molecule has 0 amide bonds. The topological polar surface area (TPSA) is 124 Å². The van der Waals surface area contributed by atoms with E-state index in [1.54, 1.807) is 6.92 Å². The van der Waals surface area contributed by atoms with Crippen molar-refractivity contribution in [1.82, 2.24) is 9.38 Å². The molecule has 0 radical (unpaired) electrons. The number of aromatic nitrogens is 2. The number of fused-ring (bicyclic) bond motifs is 1. The predicted molar refractivity (Wildman–Crippen MR) is 102 cm³/mol. The third-order valence-corrected chi connectivity index (χ3v) is 4.94. The van der Waals surface area contributed by atoms with Gasteiger partial charge in [-0.3, -0.25) is 4.99 Å². The minimum Gasteiger partial charge on any atom is -0.461 e. The standard InChI is InChI=1S/C19H23N5O4/c1-2-28-18(25)16(23-20)7-21-6-14-9-24-8-13(12-3-4-12)5-15(17(24)22-14)19(26)10-27-11-19/h5,7-9,12,26H,2-4,6,10-11,20H2,1H3. The second kappa shape index (κ2) is 7.33. The van der Waals surface area contributed by atoms with Gasteiger partial charge in [-0.1, -0.05) is 0 Å². The minimum absolute atomic E-state index is 0.0525. The Morgan fingerprint density at radius 1 is 1.50 bits per heavy atom. The van der Waals surface area contributed by atoms with Gasteiger partial charge in [0.2, 0.25) is 0 Å². The smallest absolute Gasteiger partial charge is 0.360 e. The molecule has 0 spiro atoms. The van der Waals surface area contributed by atoms with Crippen molar-refractivity contribution in [1.29, 1.82) is 0 Å². The zero-order valence-corrected chi connectivity index (χ0v) is 15.7. The molecule has 2 aromatic heterocycles. The summed E-state index contributed by atoms with van der Waals surface area (Å²) in [5.41, 5.74) is 2.34. The molecule has 3 heterocycles. The van der Waals surface area contributed by atoms with Gasteiger partial charge >= 0.3 is 5.97 Å². The highest BCUT2D eigenvalue weighted by Crippen LogP contribution is 2.42. The van der Waals surface area contributed by atoms with E-state index in [4.69, 9.17) is 15.3 Å². The molecular formula is C19H23N5O4. The van der Waals surface area contributed by atoms with Crippen LogP contribution < -0.4 is 5.84 Å². The molecule has 1 saturated carbocycles. The Hall–Kier alpha value is -2.78. The average Bonchev–Trinajstić information content (AvgIpc) is 3.42. The first-order valence-electron chi connectivity index (χ1n) is 9.31. The molecule has 148 valence electrons. The number of carbonyl (C=O) groups excluding carboxylic acids is 1. The van der Waals surface area contributed by atoms with Gasteiger partial charge in [0.25, 0.3) is 0 Å². The Labute approximate surface area is 161 Å². The van der Waals surface area contributed by atoms with E-state index < -0.39 is 11.6 Å². The molecule has 28 heavy (non-hydrogen) atoms. The van der Waals surface area contributed by atoms with Crippen molar-refractivity contribution in [3.63, 3.8) is 0 Å². The van der Waals surface area contributed by atoms with Crippen LogP contribution >= 0.6 is 0 Å². The Kier molecular flexibility index (Phi) is 4.86. The SMILES string of the molecule is CCOC(=O)C(C=NCc1cn2cc(C3CC3)cc(C3(O)COC3)c2n1)=NN. The molecule has 3 N–H and O–H groups in total. The van der Waals surface area contributed by atoms with Crippen LogP contribution in [0.3, 0.4) is 0 Å². The molecule has 9 nitrogen and oxygen atoms in total. The van der Waals surface area contributed by atoms with Gasteiger partial charge in [-0.05, 0) is 37.3 Å². The number of pyridine rings is 1. The van der Waals surface area contributed by atoms with Gasteiger partial charge in [-0.2, -0.15) is 5.10 Å². The quantitative estimate of drug-likeness (QED) is 0.316. The van der Waals surface area contributed by atoms with E-state index >= 15 is 0 Å². The number of nitrogens with zero attached hydrogens (tertiary/aromatic N) is 4. The molecule has 2 aromatic rings. The molecule has 1 aliphatic heterocycles. The van der Waals surface area contributed by atoms with Crippen LogP contribution in [0.4, 0.5) is 0 Å². The molecule has 1 saturated heterocycles. The van der Waals surface area contributed by atoms with E-state index in [1.165, 1.54) is 24.6 Å². The van der Waals surface area contributed by atoms with Crippen LogP contribution in [0.5, 0.6) is 0 Å². The third kappa shape index (κ3) is 3.50. The molecule has 2 fully saturated rings. The van der Waals surface area contributed by atoms with E-state index in [2.05, 4.69) is 27.3 Å². The number of aliphatic imine (C=N–C) groups is 1. The molecular weight excluding hydrogens is 362 g/mol. The number of aliphatic hydroxyl groups is 1. The number of hydrogen-bond donors (Lipinski definition) is 2. The highest BCUT2D eigenvalue weighted by atomic mass is 16.5. The monoisotopic (exact) mass is 385 g/mol. The van der Waals surface area contributed by atoms with Gasteiger partial charge in [0.1, 0.15) is 11.2 Å². The van der Waals surface area contributed by atoms with E-state index in [9.17, 15) is 9.90 Å². The summed E-state index contributed by atoms with van der Waals surface area (Å²) in [5.74, 6) is 5.15. The maximum atomic E-state index is 11.7. The van der Waals surface area contributed by atoms with E-state index in [-0.39, 0.29) is 32.1 Å². The number of carbonyl (C=O) groups is 1. The maximum Gasteiger partial charge on any atom is 0.360 e. The van der Waals surface area contributed by atoms with Crippen LogP contribution in [0.15, 0.2) is 28.6 Å². The fraction of sp³-hybridized carbons (Fsp3) is 0.474. The highest BCUT2D eigenvalue weighted by Gasteiger charge is 2.41. The fourth-order valence-electron chi connectivity index (χ4n) is 3.25. The molecule has 0 atom stereocenters. The van der Waals surface area contributed by atoms with Gasteiger partial charge in [0.15, 0.2) is 5.71 Å². The second-order valence-corrected chi connectivity index (χ2v) is 7.15. The van der Waals surface area contributed by atoms with Crippen molar-refractivity contribution in [3.8, 4) is 0 Å². The molecule has 2 aliphatic rings. The number of imidazole rings is 1. The normalized spacial score (nSPS) is 19.1. The zero-order chi connectivity index (χ0) is 19.7. The molecule has 1 aliphatic carbocycles. The van der Waals surface area contributed by atoms with Crippen LogP contribution in [0.2, 0.25) is 0 Å². The lowest BCUT2D eigenvalue weighted by molar-refractivity contribution is -0.184. The second-order valence-electron chi connectivity index (χ2n) is 7.15. The summed E-state index contributed by atoms with van der Waals surface area (Å²) in [7, 11) is 0. The summed E-state index contributed by atoms with van der Waals surface area (Å²) >= 11 is 0. The van der Waals surface area contributed by atoms with Gasteiger partial charge in [-0.25, -0.2) is 9.78 Å². The predicted octanol–water partition coefficient (Wildman–Crippen LogP) is 0.878. The minimum atomic E-state index is -0.999. The molecule has 0 unspecified atom stereocenters. The fourth-order valence-corrected chi connectivity index (χ4v) is 3.25. The average molecular weight is 385 g/mol. The van der Waals surface area contributed by atoms with Crippen molar-refractivity contribution in [3.05, 3.63) is 35.3 Å². The van der Waals surface area contributed by atoms with Gasteiger partial charge in [-0.15, -0.1) is 0 Å². The largest absolute Gasteiger partial charge is 0.461 e. The number of hydrogen-bond acceptors (Lipinski definition) is 8. The molecule has 9 heteroatoms. The van der Waals surface area contributed by atoms with Crippen molar-refractivity contribution < 1.29 is 19.4 Å². The summed E-state index contributed by atoms with van der Waals surface area (Å²) in [6, 6.07) is 2.05. The van der Waals surface area contributed by atoms with Gasteiger partial charge in [0.05, 0.1) is 38.3 Å². The van der Waals surface area contributed by atoms with Crippen molar-refractivity contribution in [2.75, 3.05) is 19.8 Å². The Bertz CT molecular complexity index is 957. The lowest BCUT2D eigenvalue weighted by Gasteiger charge is -2.37. The number of rotatable bonds is 7. The summed E-state index contributed by atoms with van der Waals surface area (Å²) < 4.78 is 12.0. The summed E-state index contributed by atoms with van der Waals surface area (Å²) in [4.78, 5) is 20.5. The van der Waals surface area contributed by atoms with Crippen molar-refractivity contribution in [2.24, 2.45) is 15.9 Å². The highest BCUT2D eigenvalue weighted by molar-refractivity contribution is 6.59. The lowest BCUT2D eigenvalue weighted by atomic mass is 9.91. The first-order chi connectivity index (χ1) is 13.5. The number of nitrogens with two attached hydrogens (primary N) is 1. The Morgan fingerprint density at radius 3 is 2.89 bits per heavy atom. The third-order valence-electron chi connectivity index (χ3n) is 4.94. The van der Waals surface area contributed by atoms with Gasteiger partial charge in [0, 0.05) is 18.0 Å². The van der Waals surface area contributed by atoms with E-state index in [0.717, 1.165) is 5.56 Å². The van der Waals surface area contributed by atoms with Crippen molar-refractivity contribution >= 4 is 23.5 Å². The Balaban J connectivity index is 1.60. The number of hydrazone groups is 1. The van der Waals surface area contributed by atoms with E-state index in [1.807, 2.05) is 10.6 Å². The summed E-state index contributed by atoms with van der Waals surface area (Å²) in [6.07, 6.45) is 7.56. The summed E-state index contributed by atoms with van der Waals surface area (Å²) in [5, 5.41) is 14.2. The lowest BCUT2D eigenvalue weighted by Crippen LogP contribution is -2.46. The maximum absolute atomic E-state index is 11.7. The van der Waals surface area contributed by atoms with Crippen LogP contribution in [-0.4, -0.2) is 52.2 Å². The van der Waals surface area contributed by atoms with Crippen LogP contribution in [0.1, 0.15) is 42.5 Å². The van der Waals surface area contributed by atoms with Crippen molar-refractivity contribution in [2.45, 2.75) is 37.8 Å².